The summed E-state index contributed by atoms with van der Waals surface area (Å²) in [6.07, 6.45) is -8.27. The maximum Gasteiger partial charge on any atom is 0.416 e. The zero-order valence-electron chi connectivity index (χ0n) is 17.3. The number of fused-ring (bicyclic) bond motifs is 1. The highest BCUT2D eigenvalue weighted by atomic mass is 19.4. The van der Waals surface area contributed by atoms with Gasteiger partial charge < -0.3 is 10.1 Å². The van der Waals surface area contributed by atoms with Gasteiger partial charge in [-0.25, -0.2) is 0 Å². The van der Waals surface area contributed by atoms with Crippen LogP contribution in [-0.4, -0.2) is 43.2 Å². The normalized spacial score (nSPS) is 19.2. The summed E-state index contributed by atoms with van der Waals surface area (Å²) in [5, 5.41) is 3.30. The molecule has 0 radical (unpaired) electrons. The van der Waals surface area contributed by atoms with Crippen molar-refractivity contribution in [2.75, 3.05) is 32.8 Å². The van der Waals surface area contributed by atoms with Crippen molar-refractivity contribution in [1.29, 1.82) is 0 Å². The monoisotopic (exact) mass is 458 g/mol. The van der Waals surface area contributed by atoms with Gasteiger partial charge in [0, 0.05) is 26.2 Å². The number of hydrogen-bond donors (Lipinski definition) is 1. The van der Waals surface area contributed by atoms with E-state index in [2.05, 4.69) is 22.3 Å². The van der Waals surface area contributed by atoms with Crippen LogP contribution in [0.5, 0.6) is 0 Å². The Balaban J connectivity index is 1.54. The van der Waals surface area contributed by atoms with Gasteiger partial charge in [0.1, 0.15) is 0 Å². The van der Waals surface area contributed by atoms with Gasteiger partial charge in [0.15, 0.2) is 0 Å². The summed E-state index contributed by atoms with van der Waals surface area (Å²) in [4.78, 5) is 2.33. The molecule has 3 nitrogen and oxygen atoms in total. The average molecular weight is 458 g/mol. The number of hydrogen-bond acceptors (Lipinski definition) is 3. The van der Waals surface area contributed by atoms with Gasteiger partial charge in [-0.05, 0) is 47.7 Å². The average Bonchev–Trinajstić information content (AvgIpc) is 3.13. The van der Waals surface area contributed by atoms with E-state index in [1.165, 1.54) is 11.1 Å². The molecule has 4 rings (SSSR count). The molecule has 1 heterocycles. The van der Waals surface area contributed by atoms with E-state index in [0.717, 1.165) is 51.2 Å². The number of nitrogens with zero attached hydrogens (tertiary/aromatic N) is 1. The van der Waals surface area contributed by atoms with Crippen LogP contribution in [0, 0.1) is 0 Å². The Kier molecular flexibility index (Phi) is 6.26. The molecular formula is C23H24F6N2O. The van der Waals surface area contributed by atoms with E-state index >= 15 is 0 Å². The van der Waals surface area contributed by atoms with Crippen LogP contribution >= 0.6 is 0 Å². The molecule has 2 aromatic carbocycles. The third kappa shape index (κ3) is 4.94. The second-order valence-corrected chi connectivity index (χ2v) is 8.49. The van der Waals surface area contributed by atoms with E-state index in [-0.39, 0.29) is 30.4 Å². The number of piperazine rings is 1. The summed E-state index contributed by atoms with van der Waals surface area (Å²) in [6.45, 7) is 3.15. The zero-order chi connectivity index (χ0) is 23.0. The van der Waals surface area contributed by atoms with Crippen molar-refractivity contribution in [3.05, 3.63) is 70.3 Å². The third-order valence-corrected chi connectivity index (χ3v) is 6.23. The Morgan fingerprint density at radius 2 is 1.38 bits per heavy atom. The largest absolute Gasteiger partial charge is 0.416 e. The van der Waals surface area contributed by atoms with Crippen molar-refractivity contribution < 1.29 is 31.1 Å². The molecule has 0 amide bonds. The van der Waals surface area contributed by atoms with Crippen LogP contribution in [0.4, 0.5) is 26.3 Å². The Morgan fingerprint density at radius 3 is 1.88 bits per heavy atom. The molecule has 0 saturated carbocycles. The van der Waals surface area contributed by atoms with Gasteiger partial charge in [0.25, 0.3) is 0 Å². The fourth-order valence-electron chi connectivity index (χ4n) is 4.69. The van der Waals surface area contributed by atoms with E-state index < -0.39 is 23.5 Å². The number of nitrogens with one attached hydrogen (secondary N) is 1. The van der Waals surface area contributed by atoms with E-state index in [4.69, 9.17) is 4.74 Å². The summed E-state index contributed by atoms with van der Waals surface area (Å²) in [7, 11) is 0. The maximum absolute atomic E-state index is 13.1. The van der Waals surface area contributed by atoms with Crippen molar-refractivity contribution in [3.63, 3.8) is 0 Å². The summed E-state index contributed by atoms with van der Waals surface area (Å²) in [5.41, 5.74) is -0.744. The van der Waals surface area contributed by atoms with Crippen LogP contribution in [-0.2, 0) is 36.5 Å². The van der Waals surface area contributed by atoms with Crippen molar-refractivity contribution in [2.45, 2.75) is 37.3 Å². The SMILES string of the molecule is FC(F)(F)c1cc(COCC2(N3CCNCC3)Cc3ccccc3C2)cc(C(F)(F)F)c1. The molecule has 1 aliphatic heterocycles. The highest BCUT2D eigenvalue weighted by Crippen LogP contribution is 2.38. The maximum atomic E-state index is 13.1. The van der Waals surface area contributed by atoms with Crippen molar-refractivity contribution in [1.82, 2.24) is 10.2 Å². The first-order valence-electron chi connectivity index (χ1n) is 10.5. The lowest BCUT2D eigenvalue weighted by atomic mass is 9.93. The number of alkyl halides is 6. The quantitative estimate of drug-likeness (QED) is 0.659. The predicted octanol–water partition coefficient (Wildman–Crippen LogP) is 4.68. The lowest BCUT2D eigenvalue weighted by Crippen LogP contribution is -2.59. The Hall–Kier alpha value is -2.10. The molecule has 0 atom stereocenters. The van der Waals surface area contributed by atoms with Crippen molar-refractivity contribution in [3.8, 4) is 0 Å². The number of halogens is 6. The van der Waals surface area contributed by atoms with Crippen molar-refractivity contribution in [2.24, 2.45) is 0 Å². The molecule has 1 N–H and O–H groups in total. The van der Waals surface area contributed by atoms with Gasteiger partial charge >= 0.3 is 12.4 Å². The summed E-state index contributed by atoms with van der Waals surface area (Å²) in [6, 6.07) is 9.65. The van der Waals surface area contributed by atoms with Crippen LogP contribution in [0.2, 0.25) is 0 Å². The van der Waals surface area contributed by atoms with Crippen LogP contribution in [0.1, 0.15) is 27.8 Å². The molecule has 1 aliphatic carbocycles. The summed E-state index contributed by atoms with van der Waals surface area (Å²) >= 11 is 0. The third-order valence-electron chi connectivity index (χ3n) is 6.23. The molecule has 0 unspecified atom stereocenters. The number of benzene rings is 2. The summed E-state index contributed by atoms with van der Waals surface area (Å²) in [5.74, 6) is 0. The molecule has 174 valence electrons. The Bertz CT molecular complexity index is 893. The molecule has 0 aromatic heterocycles. The molecule has 0 spiro atoms. The lowest BCUT2D eigenvalue weighted by molar-refractivity contribution is -0.143. The van der Waals surface area contributed by atoms with Gasteiger partial charge in [-0.3, -0.25) is 4.90 Å². The van der Waals surface area contributed by atoms with Crippen LogP contribution in [0.25, 0.3) is 0 Å². The zero-order valence-corrected chi connectivity index (χ0v) is 17.3. The first kappa shape index (κ1) is 23.1. The molecule has 1 fully saturated rings. The number of rotatable bonds is 5. The molecule has 2 aliphatic rings. The molecule has 2 aromatic rings. The van der Waals surface area contributed by atoms with Crippen LogP contribution < -0.4 is 5.32 Å². The van der Waals surface area contributed by atoms with Gasteiger partial charge in [0.2, 0.25) is 0 Å². The van der Waals surface area contributed by atoms with Gasteiger partial charge in [0.05, 0.1) is 29.9 Å². The van der Waals surface area contributed by atoms with Gasteiger partial charge in [-0.2, -0.15) is 26.3 Å². The molecule has 9 heteroatoms. The lowest BCUT2D eigenvalue weighted by Gasteiger charge is -2.43. The molecule has 1 saturated heterocycles. The Labute approximate surface area is 182 Å². The van der Waals surface area contributed by atoms with Crippen LogP contribution in [0.15, 0.2) is 42.5 Å². The van der Waals surface area contributed by atoms with Crippen molar-refractivity contribution >= 4 is 0 Å². The van der Waals surface area contributed by atoms with Gasteiger partial charge in [-0.15, -0.1) is 0 Å². The van der Waals surface area contributed by atoms with Crippen LogP contribution in [0.3, 0.4) is 0 Å². The minimum atomic E-state index is -4.87. The fraction of sp³-hybridized carbons (Fsp3) is 0.478. The fourth-order valence-corrected chi connectivity index (χ4v) is 4.69. The highest BCUT2D eigenvalue weighted by molar-refractivity contribution is 5.37. The van der Waals surface area contributed by atoms with Gasteiger partial charge in [-0.1, -0.05) is 24.3 Å². The van der Waals surface area contributed by atoms with E-state index in [0.29, 0.717) is 0 Å². The highest BCUT2D eigenvalue weighted by Gasteiger charge is 2.43. The second kappa shape index (κ2) is 8.68. The molecular weight excluding hydrogens is 434 g/mol. The summed E-state index contributed by atoms with van der Waals surface area (Å²) < 4.78 is 84.7. The standard InChI is InChI=1S/C23H24F6N2O/c24-22(25,26)19-9-16(10-20(11-19)23(27,28)29)14-32-15-21(31-7-5-30-6-8-31)12-17-3-1-2-4-18(17)13-21/h1-4,9-11,30H,5-8,12-15H2. The van der Waals surface area contributed by atoms with E-state index in [1.54, 1.807) is 0 Å². The van der Waals surface area contributed by atoms with E-state index in [1.807, 2.05) is 12.1 Å². The smallest absolute Gasteiger partial charge is 0.375 e. The Morgan fingerprint density at radius 1 is 0.844 bits per heavy atom. The first-order chi connectivity index (χ1) is 15.1. The second-order valence-electron chi connectivity index (χ2n) is 8.49. The minimum absolute atomic E-state index is 0.138. The number of ether oxygens (including phenoxy) is 1. The molecule has 0 bridgehead atoms. The molecule has 32 heavy (non-hydrogen) atoms. The minimum Gasteiger partial charge on any atom is -0.375 e. The topological polar surface area (TPSA) is 24.5 Å². The predicted molar refractivity (Wildman–Crippen MR) is 107 cm³/mol. The first-order valence-corrected chi connectivity index (χ1v) is 10.5. The van der Waals surface area contributed by atoms with E-state index in [9.17, 15) is 26.3 Å².